The van der Waals surface area contributed by atoms with Gasteiger partial charge in [0.05, 0.1) is 41.8 Å². The van der Waals surface area contributed by atoms with Crippen molar-refractivity contribution in [1.82, 2.24) is 39.5 Å². The summed E-state index contributed by atoms with van der Waals surface area (Å²) in [6.07, 6.45) is 13.9. The van der Waals surface area contributed by atoms with Crippen molar-refractivity contribution in [3.63, 3.8) is 0 Å². The number of hydrogen-bond donors (Lipinski definition) is 3. The highest BCUT2D eigenvalue weighted by atomic mass is 16.4. The van der Waals surface area contributed by atoms with Crippen molar-refractivity contribution in [1.29, 1.82) is 0 Å². The number of aromatic amines is 2. The summed E-state index contributed by atoms with van der Waals surface area (Å²) in [6.45, 7) is 8.08. The summed E-state index contributed by atoms with van der Waals surface area (Å²) in [5.41, 5.74) is 6.15. The average Bonchev–Trinajstić information content (AvgIpc) is 4.11. The minimum Gasteiger partial charge on any atom is -0.465 e. The predicted molar refractivity (Wildman–Crippen MR) is 225 cm³/mol. The van der Waals surface area contributed by atoms with Crippen LogP contribution in [0, 0.1) is 11.8 Å². The third-order valence-electron chi connectivity index (χ3n) is 13.8. The Morgan fingerprint density at radius 1 is 0.655 bits per heavy atom. The van der Waals surface area contributed by atoms with Crippen LogP contribution in [0.15, 0.2) is 60.9 Å². The molecule has 0 spiro atoms. The Bertz CT molecular complexity index is 2030. The van der Waals surface area contributed by atoms with E-state index in [1.165, 1.54) is 4.90 Å². The standard InChI is InChI=1S/C46H60N8O4/c1-4-52(5-2)35-24-22-34(23-25-35)44(55)53-26-8-12-40(53)42-47-28-37(49-42)32-18-14-30(15-19-32)31-16-20-33(21-17-31)38-29-48-43(50-38)41-13-9-27-54(41)45(56)36-10-6-7-11-39(36)51(3)46(57)58/h14-21,28-29,34-36,39-41H,4-13,22-27H2,1-3H3,(H,47,49)(H,48,50)(H,57,58)/t34?,35?,36-,39+,40?,41?/m0/s1. The molecule has 2 aliphatic carbocycles. The fourth-order valence-electron chi connectivity index (χ4n) is 10.5. The number of carboxylic acid groups (broad SMARTS) is 1. The molecule has 58 heavy (non-hydrogen) atoms. The Morgan fingerprint density at radius 3 is 1.64 bits per heavy atom. The van der Waals surface area contributed by atoms with Crippen molar-refractivity contribution in [2.45, 2.75) is 115 Å². The van der Waals surface area contributed by atoms with Crippen LogP contribution < -0.4 is 0 Å². The van der Waals surface area contributed by atoms with Crippen LogP contribution in [0.1, 0.15) is 115 Å². The summed E-state index contributed by atoms with van der Waals surface area (Å²) in [7, 11) is 1.59. The van der Waals surface area contributed by atoms with E-state index in [1.807, 2.05) is 17.3 Å². The van der Waals surface area contributed by atoms with Gasteiger partial charge in [0.15, 0.2) is 0 Å². The van der Waals surface area contributed by atoms with Gasteiger partial charge in [-0.15, -0.1) is 0 Å². The van der Waals surface area contributed by atoms with Crippen LogP contribution >= 0.6 is 0 Å². The number of benzene rings is 2. The number of imidazole rings is 2. The van der Waals surface area contributed by atoms with Crippen molar-refractivity contribution >= 4 is 17.9 Å². The largest absolute Gasteiger partial charge is 0.465 e. The maximum Gasteiger partial charge on any atom is 0.407 e. The smallest absolute Gasteiger partial charge is 0.407 e. The lowest BCUT2D eigenvalue weighted by molar-refractivity contribution is -0.140. The molecule has 4 aliphatic rings. The average molecular weight is 789 g/mol. The predicted octanol–water partition coefficient (Wildman–Crippen LogP) is 8.53. The third kappa shape index (κ3) is 8.04. The second-order valence-corrected chi connectivity index (χ2v) is 17.0. The molecule has 8 rings (SSSR count). The molecule has 2 saturated carbocycles. The highest BCUT2D eigenvalue weighted by Gasteiger charge is 2.42. The number of carbonyl (C=O) groups excluding carboxylic acids is 2. The van der Waals surface area contributed by atoms with E-state index in [-0.39, 0.29) is 35.9 Å². The van der Waals surface area contributed by atoms with Gasteiger partial charge in [-0.2, -0.15) is 0 Å². The number of H-pyrrole nitrogens is 2. The number of likely N-dealkylation sites (tertiary alicyclic amines) is 2. The van der Waals surface area contributed by atoms with Crippen LogP contribution in [0.2, 0.25) is 0 Å². The van der Waals surface area contributed by atoms with Crippen molar-refractivity contribution in [2.24, 2.45) is 11.8 Å². The fraction of sp³-hybridized carbons (Fsp3) is 0.543. The first-order chi connectivity index (χ1) is 28.2. The fourth-order valence-corrected chi connectivity index (χ4v) is 10.5. The maximum absolute atomic E-state index is 13.9. The summed E-state index contributed by atoms with van der Waals surface area (Å²) in [5, 5.41) is 9.65. The molecule has 2 aromatic heterocycles. The molecule has 4 fully saturated rings. The number of nitrogens with one attached hydrogen (secondary N) is 2. The topological polar surface area (TPSA) is 142 Å². The summed E-state index contributed by atoms with van der Waals surface area (Å²) < 4.78 is 0. The Balaban J connectivity index is 0.887. The molecule has 12 heteroatoms. The Kier molecular flexibility index (Phi) is 12.0. The van der Waals surface area contributed by atoms with Crippen LogP contribution in [0.5, 0.6) is 0 Å². The number of rotatable bonds is 11. The van der Waals surface area contributed by atoms with Crippen LogP contribution in [0.3, 0.4) is 0 Å². The summed E-state index contributed by atoms with van der Waals surface area (Å²) >= 11 is 0. The lowest BCUT2D eigenvalue weighted by atomic mass is 9.82. The lowest BCUT2D eigenvalue weighted by Gasteiger charge is -2.38. The highest BCUT2D eigenvalue weighted by molar-refractivity contribution is 5.81. The molecule has 3 amide bonds. The zero-order valence-electron chi connectivity index (χ0n) is 34.4. The van der Waals surface area contributed by atoms with E-state index in [1.54, 1.807) is 7.05 Å². The Morgan fingerprint density at radius 2 is 1.14 bits per heavy atom. The molecule has 4 atom stereocenters. The quantitative estimate of drug-likeness (QED) is 0.138. The Labute approximate surface area is 342 Å². The van der Waals surface area contributed by atoms with Crippen LogP contribution in [-0.4, -0.2) is 108 Å². The van der Waals surface area contributed by atoms with Gasteiger partial charge in [0.2, 0.25) is 11.8 Å². The number of nitrogens with zero attached hydrogens (tertiary/aromatic N) is 6. The maximum atomic E-state index is 13.9. The first-order valence-electron chi connectivity index (χ1n) is 21.9. The second kappa shape index (κ2) is 17.5. The van der Waals surface area contributed by atoms with E-state index < -0.39 is 6.09 Å². The van der Waals surface area contributed by atoms with Crippen LogP contribution in [0.25, 0.3) is 33.6 Å². The molecule has 4 heterocycles. The molecule has 2 aliphatic heterocycles. The molecule has 2 unspecified atom stereocenters. The Hall–Kier alpha value is -4.97. The van der Waals surface area contributed by atoms with Gasteiger partial charge in [0.1, 0.15) is 11.6 Å². The zero-order valence-corrected chi connectivity index (χ0v) is 34.4. The van der Waals surface area contributed by atoms with E-state index >= 15 is 0 Å². The lowest BCUT2D eigenvalue weighted by Crippen LogP contribution is -2.49. The molecule has 308 valence electrons. The molecular weight excluding hydrogens is 729 g/mol. The SMILES string of the molecule is CCN(CC)C1CCC(C(=O)N2CCCC2c2ncc(-c3ccc(-c4ccc(-c5cnc(C6CCCN6C(=O)[C@H]6CCCC[C@H]6N(C)C(=O)O)[nH]5)cc4)cc3)[nH]2)CC1. The van der Waals surface area contributed by atoms with Gasteiger partial charge in [-0.25, -0.2) is 14.8 Å². The second-order valence-electron chi connectivity index (χ2n) is 17.0. The monoisotopic (exact) mass is 788 g/mol. The number of hydrogen-bond acceptors (Lipinski definition) is 6. The molecular formula is C46H60N8O4. The van der Waals surface area contributed by atoms with Crippen molar-refractivity contribution in [2.75, 3.05) is 33.2 Å². The number of amides is 3. The molecule has 3 N–H and O–H groups in total. The van der Waals surface area contributed by atoms with Gasteiger partial charge in [0, 0.05) is 38.1 Å². The van der Waals surface area contributed by atoms with E-state index in [0.717, 1.165) is 136 Å². The van der Waals surface area contributed by atoms with Gasteiger partial charge in [-0.05, 0) is 99.6 Å². The van der Waals surface area contributed by atoms with Crippen molar-refractivity contribution in [3.8, 4) is 33.6 Å². The number of carbonyl (C=O) groups is 3. The van der Waals surface area contributed by atoms with Gasteiger partial charge in [0.25, 0.3) is 0 Å². The van der Waals surface area contributed by atoms with E-state index in [0.29, 0.717) is 24.9 Å². The van der Waals surface area contributed by atoms with Gasteiger partial charge in [-0.3, -0.25) is 9.59 Å². The third-order valence-corrected chi connectivity index (χ3v) is 13.8. The van der Waals surface area contributed by atoms with Gasteiger partial charge in [-0.1, -0.05) is 75.2 Å². The normalized spacial score (nSPS) is 25.0. The van der Waals surface area contributed by atoms with Crippen LogP contribution in [0.4, 0.5) is 4.79 Å². The molecule has 4 aromatic rings. The molecule has 2 aromatic carbocycles. The first kappa shape index (κ1) is 39.8. The molecule has 0 radical (unpaired) electrons. The van der Waals surface area contributed by atoms with Crippen molar-refractivity contribution < 1.29 is 19.5 Å². The zero-order chi connectivity index (χ0) is 40.3. The van der Waals surface area contributed by atoms with E-state index in [9.17, 15) is 19.5 Å². The van der Waals surface area contributed by atoms with Crippen molar-refractivity contribution in [3.05, 3.63) is 72.6 Å². The summed E-state index contributed by atoms with van der Waals surface area (Å²) in [5.74, 6) is 1.83. The summed E-state index contributed by atoms with van der Waals surface area (Å²) in [6, 6.07) is 17.1. The minimum absolute atomic E-state index is 0.00660. The van der Waals surface area contributed by atoms with Gasteiger partial charge >= 0.3 is 6.09 Å². The van der Waals surface area contributed by atoms with Gasteiger partial charge < -0.3 is 34.7 Å². The highest BCUT2D eigenvalue weighted by Crippen LogP contribution is 2.39. The summed E-state index contributed by atoms with van der Waals surface area (Å²) in [4.78, 5) is 64.0. The molecule has 2 saturated heterocycles. The van der Waals surface area contributed by atoms with E-state index in [4.69, 9.17) is 9.97 Å². The molecule has 12 nitrogen and oxygen atoms in total. The minimum atomic E-state index is -0.982. The number of aromatic nitrogens is 4. The van der Waals surface area contributed by atoms with E-state index in [2.05, 4.69) is 82.1 Å². The van der Waals surface area contributed by atoms with Crippen LogP contribution in [-0.2, 0) is 9.59 Å². The first-order valence-corrected chi connectivity index (χ1v) is 21.9. The molecule has 0 bridgehead atoms.